The van der Waals surface area contributed by atoms with Gasteiger partial charge in [0.05, 0.1) is 25.1 Å². The van der Waals surface area contributed by atoms with Crippen molar-refractivity contribution in [2.45, 2.75) is 33.4 Å². The molecule has 24 heteroatoms. The number of halogens is 6. The van der Waals surface area contributed by atoms with Gasteiger partial charge in [0, 0.05) is 35.1 Å². The van der Waals surface area contributed by atoms with E-state index in [4.69, 9.17) is 13.8 Å². The van der Waals surface area contributed by atoms with Crippen LogP contribution in [0, 0.1) is 48.8 Å². The predicted molar refractivity (Wildman–Crippen MR) is 198 cm³/mol. The van der Waals surface area contributed by atoms with Gasteiger partial charge in [-0.15, -0.1) is 0 Å². The molecule has 0 aliphatic heterocycles. The summed E-state index contributed by atoms with van der Waals surface area (Å²) >= 11 is 0. The van der Waals surface area contributed by atoms with E-state index in [1.165, 1.54) is 18.2 Å². The molecule has 0 aromatic heterocycles. The highest BCUT2D eigenvalue weighted by molar-refractivity contribution is 7.86. The standard InChI is InChI=1S/C24H14F6O7S2.C11H11NO6S2/c1-9-5-15(25)21(28)18(19(9)26)17-10(2)20(27)24(23(30)22(17)29)37-16-8-13(39(34,35)36)7-11-6-12(38(31,32)33)3-4-14(11)16;1-12-11-6-9(20(16,17)18)5-7-4-8(19(13,14)15)2-3-10(7)11/h3-8H,1-2H3,(H,31,32,33)(H,34,35,36);2-6,12H,1H3,(H,13,14,15)(H,16,17,18). The van der Waals surface area contributed by atoms with Crippen LogP contribution in [0.3, 0.4) is 0 Å². The fourth-order valence-corrected chi connectivity index (χ4v) is 7.82. The Bertz CT molecular complexity index is 3150. The molecular formula is C35H25F6NO13S4. The van der Waals surface area contributed by atoms with Crippen molar-refractivity contribution in [3.63, 3.8) is 0 Å². The molecule has 0 spiro atoms. The summed E-state index contributed by atoms with van der Waals surface area (Å²) in [6, 6.07) is 10.4. The lowest BCUT2D eigenvalue weighted by Crippen LogP contribution is -2.07. The van der Waals surface area contributed by atoms with Gasteiger partial charge in [-0.2, -0.15) is 38.1 Å². The van der Waals surface area contributed by atoms with Crippen molar-refractivity contribution in [3.05, 3.63) is 113 Å². The van der Waals surface area contributed by atoms with Gasteiger partial charge in [-0.3, -0.25) is 18.2 Å². The van der Waals surface area contributed by atoms with Gasteiger partial charge in [-0.1, -0.05) is 6.07 Å². The topological polar surface area (TPSA) is 239 Å². The molecule has 0 bridgehead atoms. The van der Waals surface area contributed by atoms with Crippen molar-refractivity contribution in [1.82, 2.24) is 0 Å². The number of benzene rings is 6. The summed E-state index contributed by atoms with van der Waals surface area (Å²) in [7, 11) is -17.1. The molecule has 14 nitrogen and oxygen atoms in total. The van der Waals surface area contributed by atoms with Gasteiger partial charge in [0.25, 0.3) is 40.5 Å². The highest BCUT2D eigenvalue weighted by Gasteiger charge is 2.31. The van der Waals surface area contributed by atoms with E-state index in [1.54, 1.807) is 7.05 Å². The third-order valence-electron chi connectivity index (χ3n) is 8.53. The van der Waals surface area contributed by atoms with Crippen LogP contribution in [-0.2, 0) is 40.5 Å². The Labute approximate surface area is 330 Å². The van der Waals surface area contributed by atoms with Crippen molar-refractivity contribution in [2.24, 2.45) is 0 Å². The van der Waals surface area contributed by atoms with E-state index in [2.05, 4.69) is 5.32 Å². The first kappa shape index (κ1) is 44.8. The number of rotatable bonds is 8. The zero-order valence-corrected chi connectivity index (χ0v) is 33.0. The van der Waals surface area contributed by atoms with Crippen LogP contribution in [-0.4, -0.2) is 58.9 Å². The highest BCUT2D eigenvalue weighted by atomic mass is 32.2. The average molecular weight is 910 g/mol. The number of aryl methyl sites for hydroxylation is 1. The maximum absolute atomic E-state index is 15.3. The largest absolute Gasteiger partial charge is 0.450 e. The minimum absolute atomic E-state index is 0.214. The first-order valence-corrected chi connectivity index (χ1v) is 21.5. The second kappa shape index (κ2) is 15.7. The first-order valence-electron chi connectivity index (χ1n) is 15.8. The van der Waals surface area contributed by atoms with Crippen LogP contribution >= 0.6 is 0 Å². The Kier molecular flexibility index (Phi) is 11.9. The van der Waals surface area contributed by atoms with E-state index in [0.717, 1.165) is 50.2 Å². The smallest absolute Gasteiger partial charge is 0.294 e. The minimum Gasteiger partial charge on any atom is -0.450 e. The number of hydrogen-bond acceptors (Lipinski definition) is 10. The number of fused-ring (bicyclic) bond motifs is 2. The Morgan fingerprint density at radius 3 is 1.46 bits per heavy atom. The third-order valence-corrected chi connectivity index (χ3v) is 11.9. The first-order chi connectivity index (χ1) is 27.1. The van der Waals surface area contributed by atoms with Crippen molar-refractivity contribution in [3.8, 4) is 22.6 Å². The molecule has 0 fully saturated rings. The summed E-state index contributed by atoms with van der Waals surface area (Å²) in [5.74, 6) is -13.1. The molecular weight excluding hydrogens is 885 g/mol. The molecule has 6 rings (SSSR count). The average Bonchev–Trinajstić information content (AvgIpc) is 3.13. The Hall–Kier alpha value is -5.34. The molecule has 0 aliphatic carbocycles. The van der Waals surface area contributed by atoms with Gasteiger partial charge in [0.1, 0.15) is 11.6 Å². The maximum atomic E-state index is 15.3. The Morgan fingerprint density at radius 2 is 0.966 bits per heavy atom. The van der Waals surface area contributed by atoms with E-state index >= 15 is 13.2 Å². The molecule has 0 aliphatic rings. The van der Waals surface area contributed by atoms with Crippen molar-refractivity contribution >= 4 is 67.7 Å². The van der Waals surface area contributed by atoms with Crippen molar-refractivity contribution in [2.75, 3.05) is 12.4 Å². The second-order valence-corrected chi connectivity index (χ2v) is 18.0. The number of nitrogens with one attached hydrogen (secondary N) is 1. The number of ether oxygens (including phenoxy) is 1. The van der Waals surface area contributed by atoms with E-state index in [0.29, 0.717) is 23.2 Å². The van der Waals surface area contributed by atoms with Crippen molar-refractivity contribution in [1.29, 1.82) is 0 Å². The SMILES string of the molecule is CNc1cc(S(=O)(=O)O)cc2cc(S(=O)(=O)O)ccc12.Cc1cc(F)c(F)c(-c2c(C)c(F)c(Oc3cc(S(=O)(=O)O)cc4cc(S(=O)(=O)O)ccc34)c(F)c2F)c1F. The fraction of sp³-hybridized carbons (Fsp3) is 0.0857. The van der Waals surface area contributed by atoms with Gasteiger partial charge in [-0.25, -0.2) is 22.0 Å². The lowest BCUT2D eigenvalue weighted by molar-refractivity contribution is 0.387. The predicted octanol–water partition coefficient (Wildman–Crippen LogP) is 7.62. The van der Waals surface area contributed by atoms with Crippen LogP contribution in [0.4, 0.5) is 32.0 Å². The fourth-order valence-electron chi connectivity index (χ4n) is 5.71. The van der Waals surface area contributed by atoms with E-state index in [9.17, 15) is 55.9 Å². The minimum atomic E-state index is -5.03. The monoisotopic (exact) mass is 909 g/mol. The van der Waals surface area contributed by atoms with Crippen LogP contribution in [0.5, 0.6) is 11.5 Å². The normalized spacial score (nSPS) is 12.4. The molecule has 314 valence electrons. The van der Waals surface area contributed by atoms with Crippen LogP contribution in [0.15, 0.2) is 86.3 Å². The summed E-state index contributed by atoms with van der Waals surface area (Å²) in [4.78, 5) is -2.39. The van der Waals surface area contributed by atoms with Gasteiger partial charge in [0.2, 0.25) is 11.6 Å². The summed E-state index contributed by atoms with van der Waals surface area (Å²) < 4.78 is 222. The van der Waals surface area contributed by atoms with Gasteiger partial charge in [-0.05, 0) is 90.3 Å². The number of hydrogen-bond donors (Lipinski definition) is 5. The number of anilines is 1. The molecule has 0 heterocycles. The zero-order chi connectivity index (χ0) is 44.3. The van der Waals surface area contributed by atoms with E-state index in [-0.39, 0.29) is 25.9 Å². The van der Waals surface area contributed by atoms with Gasteiger partial charge >= 0.3 is 0 Å². The van der Waals surface area contributed by atoms with Crippen LogP contribution in [0.2, 0.25) is 0 Å². The lowest BCUT2D eigenvalue weighted by atomic mass is 9.95. The Morgan fingerprint density at radius 1 is 0.508 bits per heavy atom. The summed E-state index contributed by atoms with van der Waals surface area (Å²) in [6.45, 7) is 1.81. The Balaban J connectivity index is 0.000000277. The lowest BCUT2D eigenvalue weighted by Gasteiger charge is -2.18. The second-order valence-electron chi connectivity index (χ2n) is 12.4. The molecule has 0 amide bonds. The van der Waals surface area contributed by atoms with E-state index in [1.807, 2.05) is 0 Å². The molecule has 59 heavy (non-hydrogen) atoms. The molecule has 6 aromatic carbocycles. The molecule has 6 aromatic rings. The van der Waals surface area contributed by atoms with Gasteiger partial charge in [0.15, 0.2) is 23.3 Å². The van der Waals surface area contributed by atoms with Crippen LogP contribution in [0.25, 0.3) is 32.7 Å². The summed E-state index contributed by atoms with van der Waals surface area (Å²) in [5.41, 5.74) is -3.64. The summed E-state index contributed by atoms with van der Waals surface area (Å²) in [6.07, 6.45) is 0. The van der Waals surface area contributed by atoms with E-state index < -0.39 is 119 Å². The molecule has 0 atom stereocenters. The molecule has 0 radical (unpaired) electrons. The third kappa shape index (κ3) is 8.98. The molecule has 0 saturated heterocycles. The van der Waals surface area contributed by atoms with Gasteiger partial charge < -0.3 is 10.1 Å². The molecule has 5 N–H and O–H groups in total. The summed E-state index contributed by atoms with van der Waals surface area (Å²) in [5, 5.41) is 3.02. The van der Waals surface area contributed by atoms with Crippen molar-refractivity contribution < 1.29 is 83.0 Å². The maximum Gasteiger partial charge on any atom is 0.294 e. The molecule has 0 saturated carbocycles. The van der Waals surface area contributed by atoms with Crippen LogP contribution in [0.1, 0.15) is 11.1 Å². The molecule has 0 unspecified atom stereocenters. The zero-order valence-electron chi connectivity index (χ0n) is 29.7. The highest BCUT2D eigenvalue weighted by Crippen LogP contribution is 2.43. The quantitative estimate of drug-likeness (QED) is 0.0561. The van der Waals surface area contributed by atoms with Crippen LogP contribution < -0.4 is 10.1 Å².